The molecule has 0 radical (unpaired) electrons. The van der Waals surface area contributed by atoms with Gasteiger partial charge in [0.1, 0.15) is 0 Å². The molecule has 0 amide bonds. The van der Waals surface area contributed by atoms with Crippen LogP contribution in [0.5, 0.6) is 0 Å². The van der Waals surface area contributed by atoms with Crippen molar-refractivity contribution in [3.8, 4) is 0 Å². The second-order valence-electron chi connectivity index (χ2n) is 4.96. The predicted molar refractivity (Wildman–Crippen MR) is 64.2 cm³/mol. The average molecular weight is 214 g/mol. The van der Waals surface area contributed by atoms with E-state index in [0.717, 1.165) is 32.7 Å². The molecule has 1 fully saturated rings. The van der Waals surface area contributed by atoms with Crippen molar-refractivity contribution in [2.75, 3.05) is 33.4 Å². The summed E-state index contributed by atoms with van der Waals surface area (Å²) in [5.41, 5.74) is 0.305. The smallest absolute Gasteiger partial charge is 0.0474 e. The summed E-state index contributed by atoms with van der Waals surface area (Å²) in [6, 6.07) is 0.654. The molecule has 0 saturated carbocycles. The van der Waals surface area contributed by atoms with Crippen LogP contribution in [0.4, 0.5) is 0 Å². The molecule has 0 aromatic rings. The van der Waals surface area contributed by atoms with Crippen LogP contribution in [0, 0.1) is 0 Å². The highest BCUT2D eigenvalue weighted by Gasteiger charge is 2.31. The first kappa shape index (κ1) is 12.9. The van der Waals surface area contributed by atoms with Crippen LogP contribution in [0.25, 0.3) is 0 Å². The third-order valence-corrected chi connectivity index (χ3v) is 3.57. The molecule has 0 spiro atoms. The Balaban J connectivity index is 2.39. The molecule has 90 valence electrons. The van der Waals surface area contributed by atoms with Crippen LogP contribution in [0.2, 0.25) is 0 Å². The second kappa shape index (κ2) is 5.83. The number of ether oxygens (including phenoxy) is 1. The van der Waals surface area contributed by atoms with E-state index in [9.17, 15) is 0 Å². The van der Waals surface area contributed by atoms with E-state index in [1.54, 1.807) is 7.11 Å². The summed E-state index contributed by atoms with van der Waals surface area (Å²) in [6.45, 7) is 11.2. The van der Waals surface area contributed by atoms with E-state index in [-0.39, 0.29) is 0 Å². The van der Waals surface area contributed by atoms with E-state index in [2.05, 4.69) is 31.0 Å². The molecule has 1 N–H and O–H groups in total. The molecule has 1 aliphatic rings. The number of rotatable bonds is 5. The highest BCUT2D eigenvalue weighted by Crippen LogP contribution is 2.18. The quantitative estimate of drug-likeness (QED) is 0.702. The van der Waals surface area contributed by atoms with E-state index in [4.69, 9.17) is 4.74 Å². The summed E-state index contributed by atoms with van der Waals surface area (Å²) in [5, 5.41) is 3.64. The predicted octanol–water partition coefficient (Wildman–Crippen LogP) is 1.49. The Bertz CT molecular complexity index is 186. The van der Waals surface area contributed by atoms with E-state index in [0.29, 0.717) is 11.6 Å². The van der Waals surface area contributed by atoms with Crippen molar-refractivity contribution in [1.29, 1.82) is 0 Å². The monoisotopic (exact) mass is 214 g/mol. The van der Waals surface area contributed by atoms with Gasteiger partial charge in [-0.3, -0.25) is 4.90 Å². The normalized spacial score (nSPS) is 33.2. The first-order valence-electron chi connectivity index (χ1n) is 6.09. The molecule has 3 heteroatoms. The standard InChI is InChI=1S/C12H26N2O/c1-5-12(3)10-14(7-6-8-15-4)11(2)9-13-12/h11,13H,5-10H2,1-4H3. The maximum atomic E-state index is 5.10. The summed E-state index contributed by atoms with van der Waals surface area (Å²) < 4.78 is 5.10. The minimum absolute atomic E-state index is 0.305. The number of nitrogens with one attached hydrogen (secondary N) is 1. The molecule has 0 aromatic heterocycles. The zero-order valence-electron chi connectivity index (χ0n) is 10.7. The fourth-order valence-electron chi connectivity index (χ4n) is 2.13. The average Bonchev–Trinajstić information content (AvgIpc) is 2.24. The number of hydrogen-bond acceptors (Lipinski definition) is 3. The van der Waals surface area contributed by atoms with Crippen LogP contribution in [0.15, 0.2) is 0 Å². The fourth-order valence-corrected chi connectivity index (χ4v) is 2.13. The van der Waals surface area contributed by atoms with Crippen molar-refractivity contribution >= 4 is 0 Å². The van der Waals surface area contributed by atoms with Gasteiger partial charge < -0.3 is 10.1 Å². The van der Waals surface area contributed by atoms with E-state index in [1.807, 2.05) is 0 Å². The first-order chi connectivity index (χ1) is 7.11. The Kier molecular flexibility index (Phi) is 5.03. The van der Waals surface area contributed by atoms with Crippen molar-refractivity contribution in [2.24, 2.45) is 0 Å². The zero-order chi connectivity index (χ0) is 11.3. The van der Waals surface area contributed by atoms with Crippen LogP contribution < -0.4 is 5.32 Å². The van der Waals surface area contributed by atoms with Crippen molar-refractivity contribution < 1.29 is 4.74 Å². The van der Waals surface area contributed by atoms with E-state index >= 15 is 0 Å². The van der Waals surface area contributed by atoms with Gasteiger partial charge in [-0.1, -0.05) is 6.92 Å². The molecule has 1 aliphatic heterocycles. The molecule has 0 bridgehead atoms. The van der Waals surface area contributed by atoms with Crippen molar-refractivity contribution in [3.05, 3.63) is 0 Å². The second-order valence-corrected chi connectivity index (χ2v) is 4.96. The third-order valence-electron chi connectivity index (χ3n) is 3.57. The van der Waals surface area contributed by atoms with Gasteiger partial charge in [0.05, 0.1) is 0 Å². The van der Waals surface area contributed by atoms with Gasteiger partial charge in [-0.25, -0.2) is 0 Å². The maximum Gasteiger partial charge on any atom is 0.0474 e. The molecular formula is C12H26N2O. The molecule has 1 heterocycles. The Morgan fingerprint density at radius 3 is 2.87 bits per heavy atom. The number of methoxy groups -OCH3 is 1. The van der Waals surface area contributed by atoms with Gasteiger partial charge in [0, 0.05) is 44.9 Å². The Labute approximate surface area is 94.2 Å². The van der Waals surface area contributed by atoms with Crippen molar-refractivity contribution in [3.63, 3.8) is 0 Å². The Morgan fingerprint density at radius 1 is 1.53 bits per heavy atom. The summed E-state index contributed by atoms with van der Waals surface area (Å²) in [7, 11) is 1.78. The first-order valence-corrected chi connectivity index (χ1v) is 6.09. The summed E-state index contributed by atoms with van der Waals surface area (Å²) in [5.74, 6) is 0. The highest BCUT2D eigenvalue weighted by atomic mass is 16.5. The van der Waals surface area contributed by atoms with Crippen LogP contribution in [-0.2, 0) is 4.74 Å². The lowest BCUT2D eigenvalue weighted by Gasteiger charge is -2.45. The Hall–Kier alpha value is -0.120. The third kappa shape index (κ3) is 3.74. The SMILES string of the molecule is CCC1(C)CN(CCCOC)C(C)CN1. The van der Waals surface area contributed by atoms with Gasteiger partial charge in [-0.05, 0) is 26.7 Å². The largest absolute Gasteiger partial charge is 0.385 e. The van der Waals surface area contributed by atoms with Crippen LogP contribution in [0.1, 0.15) is 33.6 Å². The number of piperazine rings is 1. The van der Waals surface area contributed by atoms with Gasteiger partial charge in [0.2, 0.25) is 0 Å². The van der Waals surface area contributed by atoms with Crippen LogP contribution in [0.3, 0.4) is 0 Å². The minimum Gasteiger partial charge on any atom is -0.385 e. The van der Waals surface area contributed by atoms with Gasteiger partial charge in [0.15, 0.2) is 0 Å². The molecule has 1 saturated heterocycles. The molecule has 3 nitrogen and oxygen atoms in total. The molecule has 2 unspecified atom stereocenters. The van der Waals surface area contributed by atoms with Gasteiger partial charge in [0.25, 0.3) is 0 Å². The molecule has 0 aromatic carbocycles. The topological polar surface area (TPSA) is 24.5 Å². The molecule has 2 atom stereocenters. The van der Waals surface area contributed by atoms with Crippen LogP contribution >= 0.6 is 0 Å². The minimum atomic E-state index is 0.305. The number of nitrogens with zero attached hydrogens (tertiary/aromatic N) is 1. The molecular weight excluding hydrogens is 188 g/mol. The van der Waals surface area contributed by atoms with E-state index < -0.39 is 0 Å². The zero-order valence-corrected chi connectivity index (χ0v) is 10.7. The summed E-state index contributed by atoms with van der Waals surface area (Å²) >= 11 is 0. The van der Waals surface area contributed by atoms with Crippen molar-refractivity contribution in [1.82, 2.24) is 10.2 Å². The maximum absolute atomic E-state index is 5.10. The van der Waals surface area contributed by atoms with Gasteiger partial charge in [-0.2, -0.15) is 0 Å². The van der Waals surface area contributed by atoms with Crippen LogP contribution in [-0.4, -0.2) is 49.8 Å². The summed E-state index contributed by atoms with van der Waals surface area (Å²) in [4.78, 5) is 2.58. The van der Waals surface area contributed by atoms with Crippen molar-refractivity contribution in [2.45, 2.75) is 45.2 Å². The lowest BCUT2D eigenvalue weighted by atomic mass is 9.94. The molecule has 1 rings (SSSR count). The Morgan fingerprint density at radius 2 is 2.27 bits per heavy atom. The lowest BCUT2D eigenvalue weighted by Crippen LogP contribution is -2.62. The summed E-state index contributed by atoms with van der Waals surface area (Å²) in [6.07, 6.45) is 2.33. The van der Waals surface area contributed by atoms with E-state index in [1.165, 1.54) is 6.42 Å². The highest BCUT2D eigenvalue weighted by molar-refractivity contribution is 4.92. The molecule has 0 aliphatic carbocycles. The fraction of sp³-hybridized carbons (Fsp3) is 1.00. The van der Waals surface area contributed by atoms with Gasteiger partial charge in [-0.15, -0.1) is 0 Å². The number of hydrogen-bond donors (Lipinski definition) is 1. The molecule has 15 heavy (non-hydrogen) atoms. The lowest BCUT2D eigenvalue weighted by molar-refractivity contribution is 0.0816. The van der Waals surface area contributed by atoms with Gasteiger partial charge >= 0.3 is 0 Å².